The summed E-state index contributed by atoms with van der Waals surface area (Å²) >= 11 is 0. The van der Waals surface area contributed by atoms with Crippen LogP contribution in [-0.2, 0) is 5.60 Å². The second kappa shape index (κ2) is 6.74. The van der Waals surface area contributed by atoms with Gasteiger partial charge in [0.1, 0.15) is 0 Å². The molecule has 6 heteroatoms. The minimum Gasteiger partial charge on any atom is -0.374 e. The number of rotatable bonds is 4. The molecule has 0 spiro atoms. The van der Waals surface area contributed by atoms with Crippen LogP contribution in [0, 0.1) is 0 Å². The molecule has 2 atom stereocenters. The Morgan fingerprint density at radius 1 is 1.26 bits per heavy atom. The topological polar surface area (TPSA) is 49.7 Å². The summed E-state index contributed by atoms with van der Waals surface area (Å²) in [6.07, 6.45) is 3.37. The molecule has 0 radical (unpaired) electrons. The quantitative estimate of drug-likeness (QED) is 0.471. The van der Waals surface area contributed by atoms with Crippen molar-refractivity contribution in [2.45, 2.75) is 25.1 Å². The first-order valence-corrected chi connectivity index (χ1v) is 9.01. The van der Waals surface area contributed by atoms with Crippen LogP contribution in [0.3, 0.4) is 0 Å². The lowest BCUT2D eigenvalue weighted by atomic mass is 9.87. The highest BCUT2D eigenvalue weighted by molar-refractivity contribution is 7.18. The fraction of sp³-hybridized carbons (Fsp3) is 0.238. The number of alkyl halides is 2. The van der Waals surface area contributed by atoms with Crippen LogP contribution >= 0.6 is 9.24 Å². The highest BCUT2D eigenvalue weighted by Gasteiger charge is 2.57. The molecule has 1 N–H and O–H groups in total. The summed E-state index contributed by atoms with van der Waals surface area (Å²) in [5.41, 5.74) is -3.65. The number of benzene rings is 2. The van der Waals surface area contributed by atoms with Gasteiger partial charge in [0, 0.05) is 30.0 Å². The Morgan fingerprint density at radius 2 is 1.93 bits per heavy atom. The monoisotopic (exact) mass is 387 g/mol. The standard InChI is InChI=1S/C21H20F2NO2P/c1-4-13(11-24-3)14-9-16(12(2)25)19-15-7-5-6-8-17(15)20(26,18(19)10-14)21(22,23)27/h4-11,26H,27H2,1-3H3/b13-4+,24-11?. The first-order valence-electron chi connectivity index (χ1n) is 8.44. The number of ketones is 1. The first-order chi connectivity index (χ1) is 12.7. The normalized spacial score (nSPS) is 19.3. The largest absolute Gasteiger partial charge is 0.374 e. The molecule has 0 aromatic heterocycles. The molecule has 0 saturated carbocycles. The van der Waals surface area contributed by atoms with Crippen LogP contribution in [0.15, 0.2) is 47.5 Å². The average Bonchev–Trinajstić information content (AvgIpc) is 2.89. The van der Waals surface area contributed by atoms with Crippen LogP contribution < -0.4 is 0 Å². The number of carbonyl (C=O) groups is 1. The number of nitrogens with zero attached hydrogens (tertiary/aromatic N) is 1. The zero-order valence-electron chi connectivity index (χ0n) is 15.3. The maximum atomic E-state index is 14.7. The molecule has 1 aliphatic carbocycles. The van der Waals surface area contributed by atoms with Crippen molar-refractivity contribution in [2.24, 2.45) is 4.99 Å². The van der Waals surface area contributed by atoms with Crippen molar-refractivity contribution < 1.29 is 18.7 Å². The van der Waals surface area contributed by atoms with E-state index in [-0.39, 0.29) is 16.9 Å². The summed E-state index contributed by atoms with van der Waals surface area (Å²) in [5, 5.41) is 11.2. The summed E-state index contributed by atoms with van der Waals surface area (Å²) in [5.74, 6) is -0.261. The van der Waals surface area contributed by atoms with Gasteiger partial charge in [0.2, 0.25) is 0 Å². The van der Waals surface area contributed by atoms with E-state index in [9.17, 15) is 18.7 Å². The number of fused-ring (bicyclic) bond motifs is 3. The van der Waals surface area contributed by atoms with E-state index in [0.717, 1.165) is 0 Å². The molecule has 3 nitrogen and oxygen atoms in total. The van der Waals surface area contributed by atoms with Crippen molar-refractivity contribution >= 4 is 26.8 Å². The van der Waals surface area contributed by atoms with Gasteiger partial charge in [-0.05, 0) is 48.2 Å². The Labute approximate surface area is 159 Å². The van der Waals surface area contributed by atoms with Gasteiger partial charge in [-0.1, -0.05) is 39.6 Å². The van der Waals surface area contributed by atoms with Crippen LogP contribution in [-0.4, -0.2) is 29.8 Å². The third kappa shape index (κ3) is 2.86. The number of allylic oxidation sites excluding steroid dienone is 2. The van der Waals surface area contributed by atoms with Gasteiger partial charge in [-0.15, -0.1) is 0 Å². The minimum atomic E-state index is -3.53. The number of hydrogen-bond donors (Lipinski definition) is 1. The van der Waals surface area contributed by atoms with Gasteiger partial charge in [0.05, 0.1) is 0 Å². The van der Waals surface area contributed by atoms with Crippen LogP contribution in [0.5, 0.6) is 0 Å². The predicted octanol–water partition coefficient (Wildman–Crippen LogP) is 4.68. The molecule has 140 valence electrons. The number of halogens is 2. The van der Waals surface area contributed by atoms with Gasteiger partial charge in [0.25, 0.3) is 5.66 Å². The number of Topliss-reactive ketones (excluding diaryl/α,β-unsaturated/α-hetero) is 1. The average molecular weight is 387 g/mol. The molecule has 0 heterocycles. The van der Waals surface area contributed by atoms with E-state index in [4.69, 9.17) is 0 Å². The lowest BCUT2D eigenvalue weighted by Gasteiger charge is -2.32. The fourth-order valence-electron chi connectivity index (χ4n) is 3.64. The highest BCUT2D eigenvalue weighted by atomic mass is 31.0. The van der Waals surface area contributed by atoms with E-state index < -0.39 is 11.3 Å². The van der Waals surface area contributed by atoms with E-state index in [1.54, 1.807) is 50.5 Å². The Morgan fingerprint density at radius 3 is 2.48 bits per heavy atom. The molecule has 3 rings (SSSR count). The third-order valence-electron chi connectivity index (χ3n) is 4.89. The van der Waals surface area contributed by atoms with Gasteiger partial charge < -0.3 is 5.11 Å². The summed E-state index contributed by atoms with van der Waals surface area (Å²) in [6, 6.07) is 9.62. The first kappa shape index (κ1) is 19.5. The molecule has 0 saturated heterocycles. The van der Waals surface area contributed by atoms with Gasteiger partial charge in [-0.3, -0.25) is 9.79 Å². The molecule has 2 unspecified atom stereocenters. The molecular formula is C21H20F2NO2P. The molecule has 0 aliphatic heterocycles. The molecular weight excluding hydrogens is 367 g/mol. The van der Waals surface area contributed by atoms with Crippen molar-refractivity contribution in [3.8, 4) is 11.1 Å². The van der Waals surface area contributed by atoms with E-state index in [1.165, 1.54) is 28.3 Å². The fourth-order valence-corrected chi connectivity index (χ4v) is 3.95. The van der Waals surface area contributed by atoms with Gasteiger partial charge in [-0.2, -0.15) is 8.78 Å². The van der Waals surface area contributed by atoms with Crippen molar-refractivity contribution in [1.82, 2.24) is 0 Å². The summed E-state index contributed by atoms with van der Waals surface area (Å²) in [7, 11) is 3.04. The van der Waals surface area contributed by atoms with Gasteiger partial charge >= 0.3 is 0 Å². The third-order valence-corrected chi connectivity index (χ3v) is 5.31. The summed E-state index contributed by atoms with van der Waals surface area (Å²) in [4.78, 5) is 16.4. The Hall–Kier alpha value is -2.23. The summed E-state index contributed by atoms with van der Waals surface area (Å²) in [6.45, 7) is 3.18. The second-order valence-electron chi connectivity index (χ2n) is 6.51. The molecule has 0 bridgehead atoms. The van der Waals surface area contributed by atoms with Crippen LogP contribution in [0.1, 0.15) is 40.9 Å². The van der Waals surface area contributed by atoms with E-state index in [1.807, 2.05) is 0 Å². The predicted molar refractivity (Wildman–Crippen MR) is 108 cm³/mol. The summed E-state index contributed by atoms with van der Waals surface area (Å²) < 4.78 is 29.3. The molecule has 1 aliphatic rings. The number of carbonyl (C=O) groups excluding carboxylic acids is 1. The maximum absolute atomic E-state index is 14.7. The van der Waals surface area contributed by atoms with Gasteiger partial charge in [0.15, 0.2) is 11.4 Å². The SMILES string of the molecule is C/C=C(\C=NC)c1cc(C(C)=O)c2c(c1)C(O)(C(F)(F)P)c1ccccc1-2. The zero-order valence-corrected chi connectivity index (χ0v) is 16.4. The van der Waals surface area contributed by atoms with Crippen molar-refractivity contribution in [3.05, 3.63) is 64.7 Å². The number of aliphatic hydroxyl groups is 1. The van der Waals surface area contributed by atoms with Crippen molar-refractivity contribution in [2.75, 3.05) is 7.05 Å². The van der Waals surface area contributed by atoms with Crippen molar-refractivity contribution in [1.29, 1.82) is 0 Å². The zero-order chi connectivity index (χ0) is 20.0. The molecule has 27 heavy (non-hydrogen) atoms. The van der Waals surface area contributed by atoms with Crippen LogP contribution in [0.25, 0.3) is 16.7 Å². The highest BCUT2D eigenvalue weighted by Crippen LogP contribution is 2.57. The second-order valence-corrected chi connectivity index (χ2v) is 7.24. The minimum absolute atomic E-state index is 0.0234. The number of hydrogen-bond acceptors (Lipinski definition) is 3. The number of aliphatic imine (C=N–C) groups is 1. The van der Waals surface area contributed by atoms with Crippen LogP contribution in [0.2, 0.25) is 0 Å². The Balaban J connectivity index is 2.47. The Kier molecular flexibility index (Phi) is 4.87. The lowest BCUT2D eigenvalue weighted by Crippen LogP contribution is -2.40. The Bertz CT molecular complexity index is 992. The van der Waals surface area contributed by atoms with E-state index in [0.29, 0.717) is 27.8 Å². The maximum Gasteiger partial charge on any atom is 0.295 e. The molecule has 0 amide bonds. The van der Waals surface area contributed by atoms with E-state index in [2.05, 4.69) is 4.99 Å². The van der Waals surface area contributed by atoms with Gasteiger partial charge in [-0.25, -0.2) is 0 Å². The molecule has 2 aromatic carbocycles. The van der Waals surface area contributed by atoms with E-state index >= 15 is 0 Å². The van der Waals surface area contributed by atoms with Crippen LogP contribution in [0.4, 0.5) is 8.78 Å². The molecule has 0 fully saturated rings. The molecule has 2 aromatic rings. The lowest BCUT2D eigenvalue weighted by molar-refractivity contribution is -0.0964. The smallest absolute Gasteiger partial charge is 0.295 e. The van der Waals surface area contributed by atoms with Crippen molar-refractivity contribution in [3.63, 3.8) is 0 Å².